The molecule has 0 amide bonds. The molecule has 0 radical (unpaired) electrons. The van der Waals surface area contributed by atoms with E-state index >= 15 is 0 Å². The molecule has 0 saturated carbocycles. The molecule has 180 valence electrons. The summed E-state index contributed by atoms with van der Waals surface area (Å²) < 4.78 is 196. The monoisotopic (exact) mass is 554 g/mol. The minimum absolute atomic E-state index is 0.376. The zero-order chi connectivity index (χ0) is 25.1. The highest BCUT2D eigenvalue weighted by Crippen LogP contribution is 2.63. The summed E-state index contributed by atoms with van der Waals surface area (Å²) in [5.74, 6) is -47.5. The fourth-order valence-electron chi connectivity index (χ4n) is 2.04. The lowest BCUT2D eigenvalue weighted by Crippen LogP contribution is -2.73. The molecule has 0 aliphatic carbocycles. The second-order valence-electron chi connectivity index (χ2n) is 5.92. The third-order valence-corrected chi connectivity index (χ3v) is 4.62. The third-order valence-electron chi connectivity index (χ3n) is 3.90. The van der Waals surface area contributed by atoms with Crippen molar-refractivity contribution in [2.75, 3.05) is 0 Å². The summed E-state index contributed by atoms with van der Waals surface area (Å²) >= 11 is 2.41. The van der Waals surface area contributed by atoms with E-state index in [9.17, 15) is 71.0 Å². The van der Waals surface area contributed by atoms with E-state index < -0.39 is 57.9 Å². The van der Waals surface area contributed by atoms with Gasteiger partial charge in [0.05, 0.1) is 0 Å². The fourth-order valence-corrected chi connectivity index (χ4v) is 2.54. The highest BCUT2D eigenvalue weighted by atomic mass is 79.9. The molecule has 0 aliphatic heterocycles. The van der Waals surface area contributed by atoms with Crippen LogP contribution < -0.4 is 0 Å². The molecule has 0 aromatic heterocycles. The summed E-state index contributed by atoms with van der Waals surface area (Å²) in [6.45, 7) is 0. The first-order valence-electron chi connectivity index (χ1n) is 7.19. The molecule has 0 unspecified atom stereocenters. The van der Waals surface area contributed by atoms with Crippen LogP contribution in [0.1, 0.15) is 11.7 Å². The number of aliphatic hydroxyl groups excluding tert-OH is 1. The number of hydrogen-bond acceptors (Lipinski definition) is 1. The Morgan fingerprint density at radius 1 is 0.581 bits per heavy atom. The van der Waals surface area contributed by atoms with Gasteiger partial charge in [-0.25, -0.2) is 0 Å². The number of alkyl halides is 15. The number of aliphatic hydroxyl groups is 1. The van der Waals surface area contributed by atoms with E-state index in [-0.39, 0.29) is 0 Å². The van der Waals surface area contributed by atoms with E-state index in [0.29, 0.717) is 6.07 Å². The van der Waals surface area contributed by atoms with Crippen molar-refractivity contribution in [3.05, 3.63) is 34.3 Å². The van der Waals surface area contributed by atoms with Gasteiger partial charge in [0.25, 0.3) is 0 Å². The third kappa shape index (κ3) is 3.74. The van der Waals surface area contributed by atoms with Gasteiger partial charge in [-0.2, -0.15) is 65.9 Å². The van der Waals surface area contributed by atoms with E-state index in [1.54, 1.807) is 0 Å². The van der Waals surface area contributed by atoms with Gasteiger partial charge in [-0.15, -0.1) is 0 Å². The topological polar surface area (TPSA) is 20.2 Å². The van der Waals surface area contributed by atoms with Crippen LogP contribution in [0.15, 0.2) is 28.7 Å². The van der Waals surface area contributed by atoms with Crippen LogP contribution >= 0.6 is 15.9 Å². The van der Waals surface area contributed by atoms with Crippen molar-refractivity contribution in [3.63, 3.8) is 0 Å². The second-order valence-corrected chi connectivity index (χ2v) is 6.77. The molecule has 1 nitrogen and oxygen atoms in total. The van der Waals surface area contributed by atoms with Crippen molar-refractivity contribution in [1.82, 2.24) is 0 Å². The maximum atomic E-state index is 13.9. The quantitative estimate of drug-likeness (QED) is 0.365. The van der Waals surface area contributed by atoms with Crippen LogP contribution in [0.4, 0.5) is 65.9 Å². The van der Waals surface area contributed by atoms with Gasteiger partial charge in [0.1, 0.15) is 0 Å². The zero-order valence-electron chi connectivity index (χ0n) is 13.9. The van der Waals surface area contributed by atoms with Gasteiger partial charge < -0.3 is 5.11 Å². The molecule has 0 heterocycles. The Labute approximate surface area is 169 Å². The van der Waals surface area contributed by atoms with Gasteiger partial charge in [0.2, 0.25) is 0 Å². The van der Waals surface area contributed by atoms with Gasteiger partial charge in [-0.1, -0.05) is 34.1 Å². The molecule has 1 atom stereocenters. The summed E-state index contributed by atoms with van der Waals surface area (Å²) in [7, 11) is 0. The zero-order valence-corrected chi connectivity index (χ0v) is 15.5. The van der Waals surface area contributed by atoms with Gasteiger partial charge in [0.15, 0.2) is 6.10 Å². The number of benzene rings is 1. The van der Waals surface area contributed by atoms with Gasteiger partial charge in [-0.05, 0) is 6.07 Å². The largest absolute Gasteiger partial charge is 0.460 e. The molecule has 1 rings (SSSR count). The van der Waals surface area contributed by atoms with Crippen molar-refractivity contribution in [1.29, 1.82) is 0 Å². The Morgan fingerprint density at radius 3 is 1.32 bits per heavy atom. The Balaban J connectivity index is 3.63. The van der Waals surface area contributed by atoms with Crippen LogP contribution in [-0.4, -0.2) is 46.8 Å². The van der Waals surface area contributed by atoms with Gasteiger partial charge >= 0.3 is 41.7 Å². The summed E-state index contributed by atoms with van der Waals surface area (Å²) in [4.78, 5) is 0. The Hall–Kier alpha value is -1.39. The summed E-state index contributed by atoms with van der Waals surface area (Å²) in [5.41, 5.74) is -1.36. The van der Waals surface area contributed by atoms with Crippen LogP contribution in [0.2, 0.25) is 0 Å². The van der Waals surface area contributed by atoms with Crippen molar-refractivity contribution in [2.24, 2.45) is 0 Å². The molecule has 31 heavy (non-hydrogen) atoms. The molecule has 17 heteroatoms. The molecule has 1 N–H and O–H groups in total. The molecule has 0 fully saturated rings. The summed E-state index contributed by atoms with van der Waals surface area (Å²) in [6, 6.07) is 2.90. The maximum absolute atomic E-state index is 13.9. The lowest BCUT2D eigenvalue weighted by Gasteiger charge is -2.42. The normalized spacial score (nSPS) is 16.4. The first kappa shape index (κ1) is 27.6. The average molecular weight is 555 g/mol. The van der Waals surface area contributed by atoms with Crippen LogP contribution in [0.3, 0.4) is 0 Å². The molecule has 0 aliphatic rings. The van der Waals surface area contributed by atoms with E-state index in [0.717, 1.165) is 18.2 Å². The lowest BCUT2D eigenvalue weighted by atomic mass is 9.88. The molecular formula is C14H6BrF15O. The standard InChI is InChI=1S/C14H6BrF15O/c15-6-4-2-1-3-5(6)7(31)8(16,17)9(18,19)10(20,21)11(22,23)12(24,25)13(26,27)14(28,29)30/h1-4,7,31H/t7-/m0/s1. The first-order valence-corrected chi connectivity index (χ1v) is 7.98. The van der Waals surface area contributed by atoms with Crippen LogP contribution in [0, 0.1) is 0 Å². The predicted molar refractivity (Wildman–Crippen MR) is 74.8 cm³/mol. The molecule has 0 spiro atoms. The van der Waals surface area contributed by atoms with Gasteiger partial charge in [-0.3, -0.25) is 0 Å². The molecular weight excluding hydrogens is 549 g/mol. The van der Waals surface area contributed by atoms with Crippen LogP contribution in [0.25, 0.3) is 0 Å². The molecule has 1 aromatic carbocycles. The van der Waals surface area contributed by atoms with Crippen molar-refractivity contribution < 1.29 is 71.0 Å². The maximum Gasteiger partial charge on any atom is 0.460 e. The lowest BCUT2D eigenvalue weighted by molar-refractivity contribution is -0.456. The number of rotatable bonds is 7. The van der Waals surface area contributed by atoms with Crippen LogP contribution in [0.5, 0.6) is 0 Å². The van der Waals surface area contributed by atoms with Crippen molar-refractivity contribution in [3.8, 4) is 0 Å². The molecule has 1 aromatic rings. The second kappa shape index (κ2) is 7.59. The smallest absolute Gasteiger partial charge is 0.382 e. The van der Waals surface area contributed by atoms with Crippen molar-refractivity contribution >= 4 is 15.9 Å². The van der Waals surface area contributed by atoms with E-state index in [4.69, 9.17) is 0 Å². The van der Waals surface area contributed by atoms with Crippen molar-refractivity contribution in [2.45, 2.75) is 47.8 Å². The summed E-state index contributed by atoms with van der Waals surface area (Å²) in [6.07, 6.45) is -11.8. The highest BCUT2D eigenvalue weighted by molar-refractivity contribution is 9.10. The average Bonchev–Trinajstić information content (AvgIpc) is 2.59. The van der Waals surface area contributed by atoms with E-state index in [1.807, 2.05) is 0 Å². The summed E-state index contributed by atoms with van der Waals surface area (Å²) in [5, 5.41) is 9.33. The highest BCUT2D eigenvalue weighted by Gasteiger charge is 2.93. The van der Waals surface area contributed by atoms with E-state index in [2.05, 4.69) is 15.9 Å². The van der Waals surface area contributed by atoms with Crippen LogP contribution in [-0.2, 0) is 0 Å². The predicted octanol–water partition coefficient (Wildman–Crippen LogP) is 6.86. The van der Waals surface area contributed by atoms with E-state index in [1.165, 1.54) is 0 Å². The Kier molecular flexibility index (Phi) is 6.77. The Morgan fingerprint density at radius 2 is 0.935 bits per heavy atom. The SMILES string of the molecule is O[C@@H](c1ccccc1Br)C(F)(F)C(F)(F)C(F)(F)C(F)(F)C(F)(F)C(F)(F)C(F)(F)F. The minimum atomic E-state index is -8.39. The molecule has 0 bridgehead atoms. The Bertz CT molecular complexity index is 801. The first-order chi connectivity index (χ1) is 13.4. The molecule has 0 saturated heterocycles. The number of halogens is 16. The minimum Gasteiger partial charge on any atom is -0.382 e. The van der Waals surface area contributed by atoms with Gasteiger partial charge in [0, 0.05) is 10.0 Å². The fraction of sp³-hybridized carbons (Fsp3) is 0.571. The number of hydrogen-bond donors (Lipinski definition) is 1.